The lowest BCUT2D eigenvalue weighted by atomic mass is 9.43. The molecule has 3 aromatic rings. The van der Waals surface area contributed by atoms with E-state index in [0.29, 0.717) is 4.90 Å². The van der Waals surface area contributed by atoms with Crippen molar-refractivity contribution in [3.05, 3.63) is 41.1 Å². The maximum absolute atomic E-state index is 15.2. The Morgan fingerprint density at radius 2 is 1.83 bits per heavy atom. The highest BCUT2D eigenvalue weighted by molar-refractivity contribution is 6.48. The maximum atomic E-state index is 15.2. The fourth-order valence-corrected chi connectivity index (χ4v) is 4.77. The molecule has 1 aliphatic heterocycles. The number of hydrogen-bond acceptors (Lipinski definition) is 8. The molecule has 0 saturated carbocycles. The molecular formula is C24H23B4F7N8O4. The standard InChI is InChI=1S/C24H23B4F7N8O4/c1-20(2,24(33,34)35)5-4-11(38-18(44)16-15(17(29)30)40-47-41-16)12-8-42-14(37-12)6-10(7-36-42)13(9-46-3)43-19(45)39-22(25,26)21(31,32)23(43,27)28/h6-8,11,13,17H,4-5,9H2,1-3H3,(H,38,44)(H,39,45)/t11-,13+/m0/s1. The normalized spacial score (nSPS) is 19.0. The Balaban J connectivity index is 1.73. The number of carbonyl (C=O) groups is 2. The van der Waals surface area contributed by atoms with Gasteiger partial charge in [-0.25, -0.2) is 36.5 Å². The zero-order valence-corrected chi connectivity index (χ0v) is 24.9. The van der Waals surface area contributed by atoms with E-state index in [1.54, 1.807) is 5.32 Å². The van der Waals surface area contributed by atoms with Crippen LogP contribution < -0.4 is 10.6 Å². The third-order valence-electron chi connectivity index (χ3n) is 7.76. The van der Waals surface area contributed by atoms with Crippen LogP contribution in [0.25, 0.3) is 5.65 Å². The second-order valence-electron chi connectivity index (χ2n) is 11.5. The summed E-state index contributed by atoms with van der Waals surface area (Å²) < 4.78 is 108. The fourth-order valence-electron chi connectivity index (χ4n) is 4.77. The van der Waals surface area contributed by atoms with Gasteiger partial charge in [0.25, 0.3) is 18.3 Å². The molecule has 12 nitrogen and oxygen atoms in total. The average Bonchev–Trinajstić information content (AvgIpc) is 3.60. The van der Waals surface area contributed by atoms with Gasteiger partial charge in [-0.15, -0.1) is 0 Å². The van der Waals surface area contributed by atoms with E-state index in [9.17, 15) is 31.5 Å². The first kappa shape index (κ1) is 36.1. The molecule has 3 amide bonds. The van der Waals surface area contributed by atoms with Crippen LogP contribution in [0.2, 0.25) is 0 Å². The second kappa shape index (κ2) is 12.4. The van der Waals surface area contributed by atoms with E-state index >= 15 is 8.78 Å². The third-order valence-corrected chi connectivity index (χ3v) is 7.76. The van der Waals surface area contributed by atoms with Crippen LogP contribution in [0.1, 0.15) is 72.6 Å². The molecule has 0 spiro atoms. The van der Waals surface area contributed by atoms with E-state index in [1.165, 1.54) is 19.4 Å². The topological polar surface area (TPSA) is 140 Å². The van der Waals surface area contributed by atoms with Gasteiger partial charge in [0.1, 0.15) is 0 Å². The van der Waals surface area contributed by atoms with Crippen LogP contribution in [-0.2, 0) is 4.74 Å². The molecule has 0 bridgehead atoms. The Labute approximate surface area is 267 Å². The summed E-state index contributed by atoms with van der Waals surface area (Å²) in [5.41, 5.74) is -4.36. The van der Waals surface area contributed by atoms with Crippen LogP contribution in [0.15, 0.2) is 23.1 Å². The van der Waals surface area contributed by atoms with E-state index in [2.05, 4.69) is 30.3 Å². The summed E-state index contributed by atoms with van der Waals surface area (Å²) in [4.78, 5) is 30.5. The number of nitrogens with zero attached hydrogens (tertiary/aromatic N) is 6. The Hall–Kier alpha value is -3.77. The zero-order valence-electron chi connectivity index (χ0n) is 24.9. The highest BCUT2D eigenvalue weighted by atomic mass is 19.4. The molecule has 2 atom stereocenters. The maximum Gasteiger partial charge on any atom is 0.393 e. The van der Waals surface area contributed by atoms with Crippen LogP contribution in [0.4, 0.5) is 35.5 Å². The minimum Gasteiger partial charge on any atom is -0.382 e. The van der Waals surface area contributed by atoms with E-state index in [4.69, 9.17) is 36.1 Å². The number of rotatable bonds is 11. The van der Waals surface area contributed by atoms with Gasteiger partial charge in [-0.05, 0) is 29.2 Å². The average molecular weight is 664 g/mol. The minimum atomic E-state index is -4.64. The molecule has 1 aliphatic rings. The van der Waals surface area contributed by atoms with Crippen molar-refractivity contribution in [1.29, 1.82) is 0 Å². The van der Waals surface area contributed by atoms with Crippen molar-refractivity contribution in [2.45, 2.75) is 68.0 Å². The summed E-state index contributed by atoms with van der Waals surface area (Å²) >= 11 is 0. The van der Waals surface area contributed by atoms with Crippen LogP contribution in [0.3, 0.4) is 0 Å². The lowest BCUT2D eigenvalue weighted by molar-refractivity contribution is -0.214. The van der Waals surface area contributed by atoms with Gasteiger partial charge < -0.3 is 20.3 Å². The monoisotopic (exact) mass is 664 g/mol. The molecule has 0 aliphatic carbocycles. The molecule has 4 rings (SSSR count). The predicted molar refractivity (Wildman–Crippen MR) is 150 cm³/mol. The summed E-state index contributed by atoms with van der Waals surface area (Å²) in [5.74, 6) is -5.55. The lowest BCUT2D eigenvalue weighted by Gasteiger charge is -2.58. The SMILES string of the molecule is [B]C1([B])NC(=O)N([C@H](COC)c2cnn3cc([C@H](CCC(C)(C)C(F)(F)F)NC(=O)c4nonc4C(F)F)nc3c2)C([B])([B])C1(F)F. The van der Waals surface area contributed by atoms with Crippen LogP contribution >= 0.6 is 0 Å². The smallest absolute Gasteiger partial charge is 0.382 e. The fraction of sp³-hybridized carbons (Fsp3) is 0.583. The number of amides is 3. The predicted octanol–water partition coefficient (Wildman–Crippen LogP) is 2.22. The first-order valence-electron chi connectivity index (χ1n) is 13.5. The first-order chi connectivity index (χ1) is 21.6. The van der Waals surface area contributed by atoms with Gasteiger partial charge in [-0.2, -0.15) is 18.3 Å². The van der Waals surface area contributed by atoms with E-state index in [1.807, 2.05) is 0 Å². The van der Waals surface area contributed by atoms with Crippen molar-refractivity contribution in [1.82, 2.24) is 40.4 Å². The molecule has 3 aromatic heterocycles. The second-order valence-corrected chi connectivity index (χ2v) is 11.5. The number of carbonyl (C=O) groups excluding carboxylic acids is 2. The van der Waals surface area contributed by atoms with Crippen molar-refractivity contribution in [2.24, 2.45) is 5.41 Å². The summed E-state index contributed by atoms with van der Waals surface area (Å²) in [6.45, 7) is 1.41. The van der Waals surface area contributed by atoms with Crippen LogP contribution in [0, 0.1) is 5.41 Å². The van der Waals surface area contributed by atoms with Crippen molar-refractivity contribution in [2.75, 3.05) is 13.7 Å². The number of aromatic nitrogens is 5. The molecule has 0 aromatic carbocycles. The van der Waals surface area contributed by atoms with Crippen LogP contribution in [0.5, 0.6) is 0 Å². The number of ether oxygens (including phenoxy) is 1. The van der Waals surface area contributed by atoms with E-state index in [-0.39, 0.29) is 16.9 Å². The van der Waals surface area contributed by atoms with Crippen molar-refractivity contribution in [3.8, 4) is 0 Å². The molecule has 0 unspecified atom stereocenters. The molecule has 1 saturated heterocycles. The van der Waals surface area contributed by atoms with E-state index < -0.39 is 89.5 Å². The molecule has 8 radical (unpaired) electrons. The zero-order chi connectivity index (χ0) is 35.3. The highest BCUT2D eigenvalue weighted by Gasteiger charge is 2.64. The molecule has 4 heterocycles. The van der Waals surface area contributed by atoms with Gasteiger partial charge in [-0.1, -0.05) is 13.8 Å². The van der Waals surface area contributed by atoms with Gasteiger partial charge in [0.05, 0.1) is 73.6 Å². The number of hydrogen-bond donors (Lipinski definition) is 2. The van der Waals surface area contributed by atoms with Gasteiger partial charge >= 0.3 is 12.2 Å². The van der Waals surface area contributed by atoms with Crippen molar-refractivity contribution >= 4 is 49.0 Å². The van der Waals surface area contributed by atoms with Crippen molar-refractivity contribution in [3.63, 3.8) is 0 Å². The van der Waals surface area contributed by atoms with Crippen molar-refractivity contribution < 1.29 is 49.7 Å². The lowest BCUT2D eigenvalue weighted by Crippen LogP contribution is -2.83. The number of nitrogens with one attached hydrogen (secondary N) is 2. The van der Waals surface area contributed by atoms with Gasteiger partial charge in [-0.3, -0.25) is 4.79 Å². The summed E-state index contributed by atoms with van der Waals surface area (Å²) in [6.07, 6.45) is -6.51. The Bertz CT molecular complexity index is 1640. The molecular weight excluding hydrogens is 641 g/mol. The van der Waals surface area contributed by atoms with Gasteiger partial charge in [0.2, 0.25) is 5.69 Å². The Morgan fingerprint density at radius 1 is 1.17 bits per heavy atom. The largest absolute Gasteiger partial charge is 0.393 e. The Morgan fingerprint density at radius 3 is 2.43 bits per heavy atom. The number of urea groups is 1. The molecule has 1 fully saturated rings. The molecule has 244 valence electrons. The summed E-state index contributed by atoms with van der Waals surface area (Å²) in [7, 11) is 23.5. The summed E-state index contributed by atoms with van der Waals surface area (Å²) in [6, 6.07) is -2.81. The molecule has 23 heteroatoms. The number of imidazole rings is 1. The minimum absolute atomic E-state index is 0.00157. The Kier molecular flexibility index (Phi) is 9.48. The van der Waals surface area contributed by atoms with Crippen LogP contribution in [-0.4, -0.2) is 110 Å². The number of methoxy groups -OCH3 is 1. The number of alkyl halides is 7. The molecule has 47 heavy (non-hydrogen) atoms. The van der Waals surface area contributed by atoms with E-state index in [0.717, 1.165) is 24.6 Å². The van der Waals surface area contributed by atoms with Gasteiger partial charge in [0, 0.05) is 23.3 Å². The molecule has 2 N–H and O–H groups in total. The summed E-state index contributed by atoms with van der Waals surface area (Å²) in [5, 5.41) is 7.97. The highest BCUT2D eigenvalue weighted by Crippen LogP contribution is 2.44. The number of halogens is 7. The number of fused-ring (bicyclic) bond motifs is 1. The quantitative estimate of drug-likeness (QED) is 0.235. The third kappa shape index (κ3) is 6.54. The van der Waals surface area contributed by atoms with Gasteiger partial charge in [0.15, 0.2) is 11.3 Å². The first-order valence-corrected chi connectivity index (χ1v) is 13.5.